The van der Waals surface area contributed by atoms with Crippen molar-refractivity contribution in [3.63, 3.8) is 0 Å². The third kappa shape index (κ3) is 2.41. The zero-order chi connectivity index (χ0) is 11.4. The molecule has 2 aromatic rings. The molecule has 78 valence electrons. The van der Waals surface area contributed by atoms with Crippen LogP contribution in [0.4, 0.5) is 0 Å². The third-order valence-electron chi connectivity index (χ3n) is 2.17. The van der Waals surface area contributed by atoms with Crippen LogP contribution in [0.3, 0.4) is 0 Å². The van der Waals surface area contributed by atoms with E-state index in [0.29, 0.717) is 5.69 Å². The van der Waals surface area contributed by atoms with Gasteiger partial charge in [-0.15, -0.1) is 0 Å². The van der Waals surface area contributed by atoms with Gasteiger partial charge in [-0.25, -0.2) is 4.98 Å². The van der Waals surface area contributed by atoms with E-state index in [2.05, 4.69) is 24.0 Å². The van der Waals surface area contributed by atoms with Crippen LogP contribution in [0.1, 0.15) is 11.3 Å². The number of nitriles is 1. The average molecular weight is 226 g/mol. The molecule has 3 heteroatoms. The van der Waals surface area contributed by atoms with Gasteiger partial charge in [-0.05, 0) is 30.7 Å². The molecule has 0 bridgehead atoms. The molecule has 0 spiro atoms. The molecule has 0 amide bonds. The highest BCUT2D eigenvalue weighted by Crippen LogP contribution is 2.29. The summed E-state index contributed by atoms with van der Waals surface area (Å²) in [4.78, 5) is 6.20. The van der Waals surface area contributed by atoms with Gasteiger partial charge < -0.3 is 0 Å². The molecule has 16 heavy (non-hydrogen) atoms. The molecule has 1 aromatic carbocycles. The molecular weight excluding hydrogens is 216 g/mol. The molecule has 0 saturated heterocycles. The van der Waals surface area contributed by atoms with Crippen molar-refractivity contribution in [3.05, 3.63) is 53.9 Å². The summed E-state index contributed by atoms with van der Waals surface area (Å²) < 4.78 is 0. The van der Waals surface area contributed by atoms with Crippen molar-refractivity contribution in [1.29, 1.82) is 5.26 Å². The number of aryl methyl sites for hydroxylation is 1. The van der Waals surface area contributed by atoms with Crippen molar-refractivity contribution in [2.24, 2.45) is 0 Å². The average Bonchev–Trinajstić information content (AvgIpc) is 2.32. The van der Waals surface area contributed by atoms with Gasteiger partial charge in [-0.3, -0.25) is 0 Å². The topological polar surface area (TPSA) is 36.7 Å². The number of benzene rings is 1. The fourth-order valence-electron chi connectivity index (χ4n) is 1.33. The summed E-state index contributed by atoms with van der Waals surface area (Å²) in [6, 6.07) is 14.0. The Kier molecular flexibility index (Phi) is 3.23. The van der Waals surface area contributed by atoms with Crippen LogP contribution < -0.4 is 0 Å². The number of rotatable bonds is 2. The SMILES string of the molecule is Cc1ccccc1Sc1ccnc(C#N)c1. The summed E-state index contributed by atoms with van der Waals surface area (Å²) in [6.07, 6.45) is 1.67. The largest absolute Gasteiger partial charge is 0.245 e. The van der Waals surface area contributed by atoms with E-state index in [4.69, 9.17) is 5.26 Å². The monoisotopic (exact) mass is 226 g/mol. The highest BCUT2D eigenvalue weighted by Gasteiger charge is 2.01. The third-order valence-corrected chi connectivity index (χ3v) is 3.33. The fourth-order valence-corrected chi connectivity index (χ4v) is 2.26. The predicted molar refractivity (Wildman–Crippen MR) is 64.3 cm³/mol. The van der Waals surface area contributed by atoms with Gasteiger partial charge >= 0.3 is 0 Å². The van der Waals surface area contributed by atoms with Gasteiger partial charge in [0.25, 0.3) is 0 Å². The predicted octanol–water partition coefficient (Wildman–Crippen LogP) is 3.41. The van der Waals surface area contributed by atoms with Crippen LogP contribution in [0.15, 0.2) is 52.4 Å². The second-order valence-electron chi connectivity index (χ2n) is 3.36. The molecule has 0 aliphatic rings. The van der Waals surface area contributed by atoms with E-state index >= 15 is 0 Å². The zero-order valence-corrected chi connectivity index (χ0v) is 9.66. The molecular formula is C13H10N2S. The molecule has 0 saturated carbocycles. The Hall–Kier alpha value is -1.79. The van der Waals surface area contributed by atoms with Gasteiger partial charge in [-0.2, -0.15) is 5.26 Å². The molecule has 1 heterocycles. The Morgan fingerprint density at radius 2 is 2.06 bits per heavy atom. The Labute approximate surface area is 99.0 Å². The van der Waals surface area contributed by atoms with Crippen molar-refractivity contribution in [1.82, 2.24) is 4.98 Å². The minimum atomic E-state index is 0.457. The van der Waals surface area contributed by atoms with Gasteiger partial charge in [-0.1, -0.05) is 30.0 Å². The molecule has 2 nitrogen and oxygen atoms in total. The number of hydrogen-bond donors (Lipinski definition) is 0. The van der Waals surface area contributed by atoms with Crippen LogP contribution in [0.2, 0.25) is 0 Å². The Bertz CT molecular complexity index is 544. The number of pyridine rings is 1. The maximum absolute atomic E-state index is 8.76. The van der Waals surface area contributed by atoms with Crippen LogP contribution in [-0.2, 0) is 0 Å². The summed E-state index contributed by atoms with van der Waals surface area (Å²) in [5.41, 5.74) is 1.70. The van der Waals surface area contributed by atoms with Gasteiger partial charge in [0.1, 0.15) is 11.8 Å². The molecule has 0 radical (unpaired) electrons. The molecule has 2 rings (SSSR count). The molecule has 0 aliphatic heterocycles. The van der Waals surface area contributed by atoms with E-state index in [9.17, 15) is 0 Å². The second kappa shape index (κ2) is 4.82. The minimum absolute atomic E-state index is 0.457. The number of nitrogens with zero attached hydrogens (tertiary/aromatic N) is 2. The van der Waals surface area contributed by atoms with E-state index in [1.165, 1.54) is 10.5 Å². The summed E-state index contributed by atoms with van der Waals surface area (Å²) >= 11 is 1.65. The van der Waals surface area contributed by atoms with Crippen molar-refractivity contribution in [3.8, 4) is 6.07 Å². The molecule has 0 aliphatic carbocycles. The normalized spacial score (nSPS) is 9.75. The lowest BCUT2D eigenvalue weighted by molar-refractivity contribution is 1.21. The highest BCUT2D eigenvalue weighted by molar-refractivity contribution is 7.99. The first-order valence-corrected chi connectivity index (χ1v) is 5.71. The zero-order valence-electron chi connectivity index (χ0n) is 8.84. The molecule has 0 fully saturated rings. The van der Waals surface area contributed by atoms with Gasteiger partial charge in [0.05, 0.1) is 0 Å². The Morgan fingerprint density at radius 3 is 2.81 bits per heavy atom. The summed E-state index contributed by atoms with van der Waals surface area (Å²) in [7, 11) is 0. The van der Waals surface area contributed by atoms with Crippen LogP contribution >= 0.6 is 11.8 Å². The number of hydrogen-bond acceptors (Lipinski definition) is 3. The molecule has 0 unspecified atom stereocenters. The van der Waals surface area contributed by atoms with Crippen LogP contribution in [-0.4, -0.2) is 4.98 Å². The fraction of sp³-hybridized carbons (Fsp3) is 0.0769. The standard InChI is InChI=1S/C13H10N2S/c1-10-4-2-3-5-13(10)16-12-6-7-15-11(8-12)9-14/h2-8H,1H3. The summed E-state index contributed by atoms with van der Waals surface area (Å²) in [5, 5.41) is 8.76. The first kappa shape index (κ1) is 10.7. The first-order chi connectivity index (χ1) is 7.79. The van der Waals surface area contributed by atoms with E-state index in [1.54, 1.807) is 24.0 Å². The van der Waals surface area contributed by atoms with Crippen LogP contribution in [0, 0.1) is 18.3 Å². The van der Waals surface area contributed by atoms with Crippen LogP contribution in [0.5, 0.6) is 0 Å². The van der Waals surface area contributed by atoms with Crippen molar-refractivity contribution < 1.29 is 0 Å². The van der Waals surface area contributed by atoms with Gasteiger partial charge in [0.2, 0.25) is 0 Å². The van der Waals surface area contributed by atoms with E-state index in [1.807, 2.05) is 24.3 Å². The smallest absolute Gasteiger partial charge is 0.141 e. The maximum Gasteiger partial charge on any atom is 0.141 e. The lowest BCUT2D eigenvalue weighted by Crippen LogP contribution is -1.83. The van der Waals surface area contributed by atoms with Crippen molar-refractivity contribution in [2.75, 3.05) is 0 Å². The van der Waals surface area contributed by atoms with E-state index in [0.717, 1.165) is 4.90 Å². The summed E-state index contributed by atoms with van der Waals surface area (Å²) in [5.74, 6) is 0. The highest BCUT2D eigenvalue weighted by atomic mass is 32.2. The first-order valence-electron chi connectivity index (χ1n) is 4.89. The Morgan fingerprint density at radius 1 is 1.25 bits per heavy atom. The van der Waals surface area contributed by atoms with Crippen LogP contribution in [0.25, 0.3) is 0 Å². The van der Waals surface area contributed by atoms with E-state index < -0.39 is 0 Å². The van der Waals surface area contributed by atoms with Crippen molar-refractivity contribution >= 4 is 11.8 Å². The molecule has 1 aromatic heterocycles. The molecule has 0 N–H and O–H groups in total. The Balaban J connectivity index is 2.28. The number of aromatic nitrogens is 1. The summed E-state index contributed by atoms with van der Waals surface area (Å²) in [6.45, 7) is 2.08. The lowest BCUT2D eigenvalue weighted by Gasteiger charge is -2.04. The van der Waals surface area contributed by atoms with Crippen molar-refractivity contribution in [2.45, 2.75) is 16.7 Å². The minimum Gasteiger partial charge on any atom is -0.245 e. The molecule has 0 atom stereocenters. The van der Waals surface area contributed by atoms with Gasteiger partial charge in [0, 0.05) is 16.0 Å². The maximum atomic E-state index is 8.76. The van der Waals surface area contributed by atoms with Gasteiger partial charge in [0.15, 0.2) is 0 Å². The van der Waals surface area contributed by atoms with E-state index in [-0.39, 0.29) is 0 Å². The second-order valence-corrected chi connectivity index (χ2v) is 4.47. The lowest BCUT2D eigenvalue weighted by atomic mass is 10.2. The quantitative estimate of drug-likeness (QED) is 0.787.